The summed E-state index contributed by atoms with van der Waals surface area (Å²) in [6.45, 7) is 1.33. The number of hydrogen-bond donors (Lipinski definition) is 1. The van der Waals surface area contributed by atoms with E-state index in [0.717, 1.165) is 25.5 Å². The van der Waals surface area contributed by atoms with Crippen LogP contribution in [0.3, 0.4) is 0 Å². The summed E-state index contributed by atoms with van der Waals surface area (Å²) in [6.07, 6.45) is 1.91. The van der Waals surface area contributed by atoms with Crippen molar-refractivity contribution >= 4 is 15.9 Å². The minimum atomic E-state index is -0.880. The molecule has 1 saturated heterocycles. The predicted octanol–water partition coefficient (Wildman–Crippen LogP) is 3.15. The van der Waals surface area contributed by atoms with Crippen LogP contribution in [0.15, 0.2) is 16.6 Å². The second kappa shape index (κ2) is 5.42. The third-order valence-electron chi connectivity index (χ3n) is 3.13. The Labute approximate surface area is 107 Å². The van der Waals surface area contributed by atoms with Gasteiger partial charge in [0, 0.05) is 18.6 Å². The van der Waals surface area contributed by atoms with E-state index in [4.69, 9.17) is 10.5 Å². The molecule has 5 heteroatoms. The fourth-order valence-corrected chi connectivity index (χ4v) is 2.69. The lowest BCUT2D eigenvalue weighted by Crippen LogP contribution is -2.29. The van der Waals surface area contributed by atoms with E-state index in [1.807, 2.05) is 0 Å². The van der Waals surface area contributed by atoms with Gasteiger partial charge in [0.25, 0.3) is 0 Å². The zero-order valence-corrected chi connectivity index (χ0v) is 10.8. The lowest BCUT2D eigenvalue weighted by molar-refractivity contribution is 0.0446. The molecule has 2 nitrogen and oxygen atoms in total. The molecule has 1 aromatic carbocycles. The van der Waals surface area contributed by atoms with Gasteiger partial charge in [0.2, 0.25) is 0 Å². The van der Waals surface area contributed by atoms with E-state index in [2.05, 4.69) is 15.9 Å². The molecule has 1 heterocycles. The minimum absolute atomic E-state index is 0.121. The molecule has 0 saturated carbocycles. The zero-order chi connectivity index (χ0) is 12.4. The van der Waals surface area contributed by atoms with Gasteiger partial charge in [-0.3, -0.25) is 0 Å². The van der Waals surface area contributed by atoms with Gasteiger partial charge in [-0.15, -0.1) is 0 Å². The molecule has 0 aliphatic carbocycles. The van der Waals surface area contributed by atoms with Crippen molar-refractivity contribution in [2.24, 2.45) is 11.7 Å². The Morgan fingerprint density at radius 3 is 2.82 bits per heavy atom. The quantitative estimate of drug-likeness (QED) is 0.852. The summed E-state index contributed by atoms with van der Waals surface area (Å²) in [5, 5.41) is 0. The molecular formula is C12H14BrF2NO. The molecule has 0 bridgehead atoms. The first-order chi connectivity index (χ1) is 8.11. The van der Waals surface area contributed by atoms with Crippen LogP contribution in [0.2, 0.25) is 0 Å². The maximum atomic E-state index is 13.4. The molecule has 1 aromatic rings. The maximum absolute atomic E-state index is 13.4. The first-order valence-corrected chi connectivity index (χ1v) is 6.37. The normalized spacial score (nSPS) is 22.5. The fraction of sp³-hybridized carbons (Fsp3) is 0.500. The van der Waals surface area contributed by atoms with Crippen molar-refractivity contribution < 1.29 is 13.5 Å². The van der Waals surface area contributed by atoms with Crippen molar-refractivity contribution in [3.8, 4) is 0 Å². The van der Waals surface area contributed by atoms with Gasteiger partial charge in [-0.2, -0.15) is 0 Å². The smallest absolute Gasteiger partial charge is 0.173 e. The summed E-state index contributed by atoms with van der Waals surface area (Å²) >= 11 is 3.06. The van der Waals surface area contributed by atoms with Crippen LogP contribution in [0.4, 0.5) is 8.78 Å². The van der Waals surface area contributed by atoms with Crippen LogP contribution in [0.5, 0.6) is 0 Å². The number of rotatable bonds is 2. The van der Waals surface area contributed by atoms with Gasteiger partial charge in [0.05, 0.1) is 11.1 Å². The highest BCUT2D eigenvalue weighted by Crippen LogP contribution is 2.33. The standard InChI is InChI=1S/C12H14BrF2NO/c13-10-8(3-4-9(14)11(10)15)12(16)7-2-1-5-17-6-7/h3-4,7,12H,1-2,5-6,16H2. The highest BCUT2D eigenvalue weighted by atomic mass is 79.9. The average Bonchev–Trinajstić information content (AvgIpc) is 2.36. The van der Waals surface area contributed by atoms with E-state index in [0.29, 0.717) is 12.2 Å². The fourth-order valence-electron chi connectivity index (χ4n) is 2.10. The van der Waals surface area contributed by atoms with Crippen LogP contribution < -0.4 is 5.73 Å². The summed E-state index contributed by atoms with van der Waals surface area (Å²) in [7, 11) is 0. The monoisotopic (exact) mass is 305 g/mol. The van der Waals surface area contributed by atoms with Crippen LogP contribution >= 0.6 is 15.9 Å². The van der Waals surface area contributed by atoms with Crippen molar-refractivity contribution in [2.75, 3.05) is 13.2 Å². The van der Waals surface area contributed by atoms with Crippen molar-refractivity contribution in [3.63, 3.8) is 0 Å². The Morgan fingerprint density at radius 1 is 1.41 bits per heavy atom. The van der Waals surface area contributed by atoms with E-state index in [9.17, 15) is 8.78 Å². The van der Waals surface area contributed by atoms with Crippen molar-refractivity contribution in [1.82, 2.24) is 0 Å². The molecule has 2 atom stereocenters. The highest BCUT2D eigenvalue weighted by Gasteiger charge is 2.25. The predicted molar refractivity (Wildman–Crippen MR) is 64.5 cm³/mol. The molecule has 0 amide bonds. The molecule has 0 radical (unpaired) electrons. The second-order valence-corrected chi connectivity index (χ2v) is 5.06. The van der Waals surface area contributed by atoms with Gasteiger partial charge in [0.1, 0.15) is 0 Å². The van der Waals surface area contributed by atoms with Gasteiger partial charge < -0.3 is 10.5 Å². The first-order valence-electron chi connectivity index (χ1n) is 5.58. The van der Waals surface area contributed by atoms with Crippen LogP contribution in [0, 0.1) is 17.6 Å². The Balaban J connectivity index is 2.24. The summed E-state index contributed by atoms with van der Waals surface area (Å²) in [5.74, 6) is -1.59. The van der Waals surface area contributed by atoms with Gasteiger partial charge in [-0.25, -0.2) is 8.78 Å². The lowest BCUT2D eigenvalue weighted by Gasteiger charge is -2.28. The molecule has 2 unspecified atom stereocenters. The average molecular weight is 306 g/mol. The SMILES string of the molecule is NC(c1ccc(F)c(F)c1Br)C1CCCOC1. The summed E-state index contributed by atoms with van der Waals surface area (Å²) in [6, 6.07) is 2.31. The Hall–Kier alpha value is -0.520. The van der Waals surface area contributed by atoms with Crippen LogP contribution in [0.1, 0.15) is 24.4 Å². The Morgan fingerprint density at radius 2 is 2.18 bits per heavy atom. The molecule has 1 fully saturated rings. The number of nitrogens with two attached hydrogens (primary N) is 1. The summed E-state index contributed by atoms with van der Waals surface area (Å²) in [5.41, 5.74) is 6.69. The molecular weight excluding hydrogens is 292 g/mol. The Kier molecular flexibility index (Phi) is 4.12. The van der Waals surface area contributed by atoms with Crippen molar-refractivity contribution in [2.45, 2.75) is 18.9 Å². The van der Waals surface area contributed by atoms with Crippen molar-refractivity contribution in [3.05, 3.63) is 33.8 Å². The van der Waals surface area contributed by atoms with E-state index >= 15 is 0 Å². The largest absolute Gasteiger partial charge is 0.381 e. The molecule has 17 heavy (non-hydrogen) atoms. The first kappa shape index (κ1) is 12.9. The topological polar surface area (TPSA) is 35.2 Å². The number of benzene rings is 1. The van der Waals surface area contributed by atoms with Gasteiger partial charge in [0.15, 0.2) is 11.6 Å². The van der Waals surface area contributed by atoms with E-state index in [-0.39, 0.29) is 16.4 Å². The minimum Gasteiger partial charge on any atom is -0.381 e. The number of hydrogen-bond acceptors (Lipinski definition) is 2. The molecule has 94 valence electrons. The molecule has 1 aliphatic heterocycles. The van der Waals surface area contributed by atoms with Gasteiger partial charge in [-0.05, 0) is 40.4 Å². The number of ether oxygens (including phenoxy) is 1. The zero-order valence-electron chi connectivity index (χ0n) is 9.26. The van der Waals surface area contributed by atoms with Crippen LogP contribution in [-0.2, 0) is 4.74 Å². The van der Waals surface area contributed by atoms with Crippen LogP contribution in [-0.4, -0.2) is 13.2 Å². The Bertz CT molecular complexity index is 408. The molecule has 1 aliphatic rings. The summed E-state index contributed by atoms with van der Waals surface area (Å²) in [4.78, 5) is 0. The third kappa shape index (κ3) is 2.67. The second-order valence-electron chi connectivity index (χ2n) is 4.27. The van der Waals surface area contributed by atoms with Gasteiger partial charge >= 0.3 is 0 Å². The lowest BCUT2D eigenvalue weighted by atomic mass is 9.89. The molecule has 2 rings (SSSR count). The summed E-state index contributed by atoms with van der Waals surface area (Å²) < 4.78 is 31.9. The molecule has 0 spiro atoms. The van der Waals surface area contributed by atoms with Crippen molar-refractivity contribution in [1.29, 1.82) is 0 Å². The van der Waals surface area contributed by atoms with E-state index < -0.39 is 11.6 Å². The maximum Gasteiger partial charge on any atom is 0.173 e. The highest BCUT2D eigenvalue weighted by molar-refractivity contribution is 9.10. The van der Waals surface area contributed by atoms with E-state index in [1.54, 1.807) is 0 Å². The van der Waals surface area contributed by atoms with Gasteiger partial charge in [-0.1, -0.05) is 6.07 Å². The molecule has 2 N–H and O–H groups in total. The number of halogens is 3. The third-order valence-corrected chi connectivity index (χ3v) is 3.93. The molecule has 0 aromatic heterocycles. The van der Waals surface area contributed by atoms with Crippen LogP contribution in [0.25, 0.3) is 0 Å². The van der Waals surface area contributed by atoms with E-state index in [1.165, 1.54) is 6.07 Å².